The number of anilines is 3. The van der Waals surface area contributed by atoms with E-state index in [1.807, 2.05) is 36.4 Å². The number of carbonyl (C=O) groups is 1. The summed E-state index contributed by atoms with van der Waals surface area (Å²) in [6.07, 6.45) is 0. The molecule has 3 aromatic carbocycles. The van der Waals surface area contributed by atoms with E-state index in [1.54, 1.807) is 19.2 Å². The Morgan fingerprint density at radius 3 is 2.59 bits per heavy atom. The molecule has 1 aromatic heterocycles. The highest BCUT2D eigenvalue weighted by atomic mass is 16.5. The van der Waals surface area contributed by atoms with Crippen LogP contribution in [-0.4, -0.2) is 54.0 Å². The molecule has 2 N–H and O–H groups in total. The summed E-state index contributed by atoms with van der Waals surface area (Å²) in [4.78, 5) is 18.6. The van der Waals surface area contributed by atoms with Gasteiger partial charge in [-0.15, -0.1) is 0 Å². The Morgan fingerprint density at radius 1 is 1.09 bits per heavy atom. The van der Waals surface area contributed by atoms with Crippen molar-refractivity contribution in [1.82, 2.24) is 9.55 Å². The lowest BCUT2D eigenvalue weighted by Gasteiger charge is -2.30. The second kappa shape index (κ2) is 9.44. The zero-order chi connectivity index (χ0) is 23.5. The molecular formula is C26H26N4O4. The van der Waals surface area contributed by atoms with Crippen LogP contribution in [0.25, 0.3) is 11.0 Å². The maximum atomic E-state index is 11.5. The summed E-state index contributed by atoms with van der Waals surface area (Å²) in [6.45, 7) is 3.70. The second-order valence-corrected chi connectivity index (χ2v) is 8.11. The summed E-state index contributed by atoms with van der Waals surface area (Å²) >= 11 is 0. The summed E-state index contributed by atoms with van der Waals surface area (Å²) in [5, 5.41) is 12.8. The van der Waals surface area contributed by atoms with Crippen molar-refractivity contribution >= 4 is 34.3 Å². The maximum absolute atomic E-state index is 11.5. The van der Waals surface area contributed by atoms with Crippen LogP contribution in [0.3, 0.4) is 0 Å². The molecule has 174 valence electrons. The monoisotopic (exact) mass is 458 g/mol. The van der Waals surface area contributed by atoms with Crippen molar-refractivity contribution < 1.29 is 19.4 Å². The molecule has 2 heterocycles. The quantitative estimate of drug-likeness (QED) is 0.425. The molecule has 4 aromatic rings. The smallest absolute Gasteiger partial charge is 0.335 e. The van der Waals surface area contributed by atoms with Gasteiger partial charge in [0.1, 0.15) is 5.75 Å². The SMILES string of the molecule is COc1ccc(Nc2nc3cc(C(=O)O)ccc3n2Cc2ccccc2N2CCOCC2)cc1. The van der Waals surface area contributed by atoms with Gasteiger partial charge in [-0.25, -0.2) is 9.78 Å². The molecular weight excluding hydrogens is 432 g/mol. The van der Waals surface area contributed by atoms with Crippen LogP contribution in [0.15, 0.2) is 66.7 Å². The number of aromatic nitrogens is 2. The van der Waals surface area contributed by atoms with E-state index in [-0.39, 0.29) is 5.56 Å². The minimum absolute atomic E-state index is 0.210. The number of morpholine rings is 1. The average Bonchev–Trinajstić information content (AvgIpc) is 3.21. The number of hydrogen-bond donors (Lipinski definition) is 2. The van der Waals surface area contributed by atoms with Crippen LogP contribution >= 0.6 is 0 Å². The molecule has 0 radical (unpaired) electrons. The highest BCUT2D eigenvalue weighted by Gasteiger charge is 2.18. The molecule has 0 bridgehead atoms. The van der Waals surface area contributed by atoms with Gasteiger partial charge in [-0.05, 0) is 54.1 Å². The van der Waals surface area contributed by atoms with Crippen molar-refractivity contribution in [3.8, 4) is 5.75 Å². The van der Waals surface area contributed by atoms with Gasteiger partial charge in [0.25, 0.3) is 0 Å². The van der Waals surface area contributed by atoms with Gasteiger partial charge in [0, 0.05) is 24.5 Å². The Morgan fingerprint density at radius 2 is 1.85 bits per heavy atom. The number of methoxy groups -OCH3 is 1. The molecule has 1 aliphatic heterocycles. The summed E-state index contributed by atoms with van der Waals surface area (Å²) < 4.78 is 12.9. The largest absolute Gasteiger partial charge is 0.497 e. The number of imidazole rings is 1. The van der Waals surface area contributed by atoms with E-state index in [0.717, 1.165) is 35.6 Å². The Kier molecular flexibility index (Phi) is 6.05. The van der Waals surface area contributed by atoms with Crippen molar-refractivity contribution in [3.63, 3.8) is 0 Å². The number of nitrogens with one attached hydrogen (secondary N) is 1. The maximum Gasteiger partial charge on any atom is 0.335 e. The first-order chi connectivity index (χ1) is 16.6. The Hall–Kier alpha value is -4.04. The van der Waals surface area contributed by atoms with Crippen LogP contribution in [0.1, 0.15) is 15.9 Å². The summed E-state index contributed by atoms with van der Waals surface area (Å²) in [7, 11) is 1.63. The molecule has 8 heteroatoms. The van der Waals surface area contributed by atoms with Crippen LogP contribution in [0.5, 0.6) is 5.75 Å². The van der Waals surface area contributed by atoms with E-state index in [2.05, 4.69) is 33.0 Å². The lowest BCUT2D eigenvalue weighted by molar-refractivity contribution is 0.0697. The number of fused-ring (bicyclic) bond motifs is 1. The van der Waals surface area contributed by atoms with Gasteiger partial charge in [0.2, 0.25) is 5.95 Å². The third kappa shape index (κ3) is 4.40. The molecule has 8 nitrogen and oxygen atoms in total. The molecule has 0 spiro atoms. The minimum atomic E-state index is -0.973. The predicted octanol–water partition coefficient (Wildman–Crippen LogP) is 4.37. The molecule has 0 atom stereocenters. The molecule has 0 amide bonds. The summed E-state index contributed by atoms with van der Waals surface area (Å²) in [5.74, 6) is 0.433. The van der Waals surface area contributed by atoms with Crippen LogP contribution < -0.4 is 15.0 Å². The van der Waals surface area contributed by atoms with Crippen molar-refractivity contribution in [3.05, 3.63) is 77.9 Å². The topological polar surface area (TPSA) is 88.8 Å². The van der Waals surface area contributed by atoms with Gasteiger partial charge in [-0.1, -0.05) is 18.2 Å². The Labute approximate surface area is 197 Å². The number of benzene rings is 3. The molecule has 1 fully saturated rings. The summed E-state index contributed by atoms with van der Waals surface area (Å²) in [5.41, 5.74) is 4.88. The van der Waals surface area contributed by atoms with Crippen molar-refractivity contribution in [2.24, 2.45) is 0 Å². The second-order valence-electron chi connectivity index (χ2n) is 8.11. The van der Waals surface area contributed by atoms with Crippen molar-refractivity contribution in [2.45, 2.75) is 6.54 Å². The molecule has 0 saturated carbocycles. The number of carboxylic acid groups (broad SMARTS) is 1. The fourth-order valence-electron chi connectivity index (χ4n) is 4.25. The van der Waals surface area contributed by atoms with Gasteiger partial charge in [-0.2, -0.15) is 0 Å². The van der Waals surface area contributed by atoms with Crippen LogP contribution in [0.2, 0.25) is 0 Å². The Bertz CT molecular complexity index is 1310. The molecule has 1 saturated heterocycles. The lowest BCUT2D eigenvalue weighted by atomic mass is 10.1. The van der Waals surface area contributed by atoms with Crippen LogP contribution in [0, 0.1) is 0 Å². The third-order valence-electron chi connectivity index (χ3n) is 6.01. The summed E-state index contributed by atoms with van der Waals surface area (Å²) in [6, 6.07) is 21.0. The number of nitrogens with zero attached hydrogens (tertiary/aromatic N) is 3. The molecule has 34 heavy (non-hydrogen) atoms. The minimum Gasteiger partial charge on any atom is -0.497 e. The zero-order valence-corrected chi connectivity index (χ0v) is 18.9. The molecule has 0 aliphatic carbocycles. The molecule has 1 aliphatic rings. The highest BCUT2D eigenvalue weighted by Crippen LogP contribution is 2.29. The zero-order valence-electron chi connectivity index (χ0n) is 18.9. The Balaban J connectivity index is 1.56. The highest BCUT2D eigenvalue weighted by molar-refractivity contribution is 5.93. The fraction of sp³-hybridized carbons (Fsp3) is 0.231. The first-order valence-corrected chi connectivity index (χ1v) is 11.2. The third-order valence-corrected chi connectivity index (χ3v) is 6.01. The van der Waals surface area contributed by atoms with E-state index in [4.69, 9.17) is 14.5 Å². The van der Waals surface area contributed by atoms with Crippen molar-refractivity contribution in [2.75, 3.05) is 43.6 Å². The van der Waals surface area contributed by atoms with E-state index in [1.165, 1.54) is 5.69 Å². The molecule has 0 unspecified atom stereocenters. The molecule has 5 rings (SSSR count). The number of para-hydroxylation sites is 1. The van der Waals surface area contributed by atoms with Gasteiger partial charge >= 0.3 is 5.97 Å². The average molecular weight is 459 g/mol. The number of aromatic carboxylic acids is 1. The lowest BCUT2D eigenvalue weighted by Crippen LogP contribution is -2.36. The van der Waals surface area contributed by atoms with Gasteiger partial charge in [0.15, 0.2) is 0 Å². The van der Waals surface area contributed by atoms with Crippen LogP contribution in [-0.2, 0) is 11.3 Å². The number of carboxylic acids is 1. The number of rotatable bonds is 7. The van der Waals surface area contributed by atoms with E-state index in [0.29, 0.717) is 31.2 Å². The van der Waals surface area contributed by atoms with Gasteiger partial charge in [-0.3, -0.25) is 0 Å². The normalized spacial score (nSPS) is 13.7. The van der Waals surface area contributed by atoms with E-state index >= 15 is 0 Å². The number of ether oxygens (including phenoxy) is 2. The van der Waals surface area contributed by atoms with E-state index < -0.39 is 5.97 Å². The first-order valence-electron chi connectivity index (χ1n) is 11.2. The first kappa shape index (κ1) is 21.8. The van der Waals surface area contributed by atoms with Crippen LogP contribution in [0.4, 0.5) is 17.3 Å². The van der Waals surface area contributed by atoms with Gasteiger partial charge < -0.3 is 29.4 Å². The predicted molar refractivity (Wildman–Crippen MR) is 132 cm³/mol. The standard InChI is InChI=1S/C26H26N4O4/c1-33-21-9-7-20(8-10-21)27-26-28-22-16-18(25(31)32)6-11-24(22)30(26)17-19-4-2-3-5-23(19)29-12-14-34-15-13-29/h2-11,16H,12-15,17H2,1H3,(H,27,28)(H,31,32). The number of hydrogen-bond acceptors (Lipinski definition) is 6. The fourth-order valence-corrected chi connectivity index (χ4v) is 4.25. The van der Waals surface area contributed by atoms with Gasteiger partial charge in [0.05, 0.1) is 43.5 Å². The van der Waals surface area contributed by atoms with E-state index in [9.17, 15) is 9.90 Å². The van der Waals surface area contributed by atoms with Crippen molar-refractivity contribution in [1.29, 1.82) is 0 Å².